The van der Waals surface area contributed by atoms with Gasteiger partial charge in [-0.2, -0.15) is 0 Å². The number of rotatable bonds is 5. The van der Waals surface area contributed by atoms with Crippen LogP contribution in [0.5, 0.6) is 5.75 Å². The summed E-state index contributed by atoms with van der Waals surface area (Å²) in [4.78, 5) is 12.0. The van der Waals surface area contributed by atoms with Crippen molar-refractivity contribution in [1.82, 2.24) is 5.32 Å². The lowest BCUT2D eigenvalue weighted by molar-refractivity contribution is -0.120. The van der Waals surface area contributed by atoms with E-state index in [1.807, 2.05) is 18.2 Å². The van der Waals surface area contributed by atoms with E-state index in [9.17, 15) is 4.79 Å². The lowest BCUT2D eigenvalue weighted by atomic mass is 10.1. The zero-order valence-electron chi connectivity index (χ0n) is 12.5. The molecule has 0 radical (unpaired) electrons. The fraction of sp³-hybridized carbons (Fsp3) is 0.562. The van der Waals surface area contributed by atoms with Crippen molar-refractivity contribution < 1.29 is 9.53 Å². The molecule has 1 saturated carbocycles. The van der Waals surface area contributed by atoms with Crippen LogP contribution in [-0.4, -0.2) is 25.6 Å². The van der Waals surface area contributed by atoms with Gasteiger partial charge in [-0.25, -0.2) is 0 Å². The van der Waals surface area contributed by atoms with Crippen LogP contribution in [-0.2, 0) is 4.79 Å². The molecule has 116 valence electrons. The predicted molar refractivity (Wildman–Crippen MR) is 88.8 cm³/mol. The first-order chi connectivity index (χ1) is 10.2. The highest BCUT2D eigenvalue weighted by Gasteiger charge is 2.14. The SMILES string of the molecule is COc1cc(NCC(=O)NC2CCCCCC2)ccc1Br. The second kappa shape index (κ2) is 8.27. The summed E-state index contributed by atoms with van der Waals surface area (Å²) in [6, 6.07) is 6.06. The van der Waals surface area contributed by atoms with Gasteiger partial charge in [-0.15, -0.1) is 0 Å². The molecular weight excluding hydrogens is 332 g/mol. The number of nitrogens with one attached hydrogen (secondary N) is 2. The summed E-state index contributed by atoms with van der Waals surface area (Å²) in [5, 5.41) is 6.27. The molecule has 0 bridgehead atoms. The molecular formula is C16H23BrN2O2. The molecule has 2 N–H and O–H groups in total. The number of halogens is 1. The van der Waals surface area contributed by atoms with E-state index in [0.717, 1.165) is 28.8 Å². The molecule has 1 aliphatic rings. The van der Waals surface area contributed by atoms with Gasteiger partial charge in [-0.1, -0.05) is 25.7 Å². The minimum Gasteiger partial charge on any atom is -0.495 e. The lowest BCUT2D eigenvalue weighted by Gasteiger charge is -2.17. The van der Waals surface area contributed by atoms with Crippen molar-refractivity contribution in [2.24, 2.45) is 0 Å². The van der Waals surface area contributed by atoms with Crippen molar-refractivity contribution in [3.05, 3.63) is 22.7 Å². The molecule has 1 aromatic rings. The molecule has 0 unspecified atom stereocenters. The third kappa shape index (κ3) is 5.23. The number of methoxy groups -OCH3 is 1. The van der Waals surface area contributed by atoms with Gasteiger partial charge in [0.1, 0.15) is 5.75 Å². The number of carbonyl (C=O) groups is 1. The first-order valence-electron chi connectivity index (χ1n) is 7.56. The Hall–Kier alpha value is -1.23. The average Bonchev–Trinajstić information content (AvgIpc) is 2.75. The highest BCUT2D eigenvalue weighted by atomic mass is 79.9. The molecule has 5 heteroatoms. The summed E-state index contributed by atoms with van der Waals surface area (Å²) in [6.07, 6.45) is 7.26. The van der Waals surface area contributed by atoms with Crippen LogP contribution in [0.15, 0.2) is 22.7 Å². The van der Waals surface area contributed by atoms with Crippen molar-refractivity contribution in [3.63, 3.8) is 0 Å². The summed E-state index contributed by atoms with van der Waals surface area (Å²) in [6.45, 7) is 0.293. The molecule has 2 rings (SSSR count). The van der Waals surface area contributed by atoms with E-state index in [2.05, 4.69) is 26.6 Å². The number of anilines is 1. The molecule has 1 amide bonds. The maximum absolute atomic E-state index is 12.0. The third-order valence-corrected chi connectivity index (χ3v) is 4.48. The smallest absolute Gasteiger partial charge is 0.239 e. The van der Waals surface area contributed by atoms with E-state index >= 15 is 0 Å². The van der Waals surface area contributed by atoms with Crippen LogP contribution < -0.4 is 15.4 Å². The number of benzene rings is 1. The molecule has 0 spiro atoms. The van der Waals surface area contributed by atoms with E-state index in [0.29, 0.717) is 12.6 Å². The Kier molecular flexibility index (Phi) is 6.36. The molecule has 0 atom stereocenters. The molecule has 0 heterocycles. The van der Waals surface area contributed by atoms with E-state index in [1.54, 1.807) is 7.11 Å². The number of hydrogen-bond acceptors (Lipinski definition) is 3. The molecule has 1 aliphatic carbocycles. The second-order valence-corrected chi connectivity index (χ2v) is 6.31. The van der Waals surface area contributed by atoms with Crippen LogP contribution >= 0.6 is 15.9 Å². The normalized spacial score (nSPS) is 16.1. The molecule has 1 fully saturated rings. The minimum absolute atomic E-state index is 0.0591. The minimum atomic E-state index is 0.0591. The van der Waals surface area contributed by atoms with E-state index in [4.69, 9.17) is 4.74 Å². The van der Waals surface area contributed by atoms with Gasteiger partial charge in [0.05, 0.1) is 18.1 Å². The summed E-state index contributed by atoms with van der Waals surface area (Å²) in [5.74, 6) is 0.813. The number of carbonyl (C=O) groups excluding carboxylic acids is 1. The van der Waals surface area contributed by atoms with Gasteiger partial charge in [-0.05, 0) is 40.9 Å². The Morgan fingerprint density at radius 3 is 2.67 bits per heavy atom. The summed E-state index contributed by atoms with van der Waals surface area (Å²) >= 11 is 3.41. The Morgan fingerprint density at radius 2 is 2.00 bits per heavy atom. The van der Waals surface area contributed by atoms with E-state index < -0.39 is 0 Å². The Morgan fingerprint density at radius 1 is 1.29 bits per heavy atom. The highest BCUT2D eigenvalue weighted by molar-refractivity contribution is 9.10. The first-order valence-corrected chi connectivity index (χ1v) is 8.35. The number of hydrogen-bond donors (Lipinski definition) is 2. The average molecular weight is 355 g/mol. The largest absolute Gasteiger partial charge is 0.495 e. The lowest BCUT2D eigenvalue weighted by Crippen LogP contribution is -2.38. The van der Waals surface area contributed by atoms with Gasteiger partial charge >= 0.3 is 0 Å². The standard InChI is InChI=1S/C16H23BrN2O2/c1-21-15-10-13(8-9-14(15)17)18-11-16(20)19-12-6-4-2-3-5-7-12/h8-10,12,18H,2-7,11H2,1H3,(H,19,20). The van der Waals surface area contributed by atoms with Crippen molar-refractivity contribution in [2.45, 2.75) is 44.6 Å². The Labute approximate surface area is 134 Å². The predicted octanol–water partition coefficient (Wildman–Crippen LogP) is 3.71. The highest BCUT2D eigenvalue weighted by Crippen LogP contribution is 2.27. The quantitative estimate of drug-likeness (QED) is 0.792. The van der Waals surface area contributed by atoms with Crippen molar-refractivity contribution >= 4 is 27.5 Å². The molecule has 0 aliphatic heterocycles. The molecule has 21 heavy (non-hydrogen) atoms. The zero-order valence-corrected chi connectivity index (χ0v) is 14.0. The summed E-state index contributed by atoms with van der Waals surface area (Å²) < 4.78 is 6.14. The summed E-state index contributed by atoms with van der Waals surface area (Å²) in [5.41, 5.74) is 0.881. The zero-order chi connectivity index (χ0) is 15.1. The topological polar surface area (TPSA) is 50.4 Å². The van der Waals surface area contributed by atoms with E-state index in [-0.39, 0.29) is 5.91 Å². The number of amides is 1. The monoisotopic (exact) mass is 354 g/mol. The van der Waals surface area contributed by atoms with Gasteiger partial charge in [0.2, 0.25) is 5.91 Å². The van der Waals surface area contributed by atoms with Crippen LogP contribution in [0.1, 0.15) is 38.5 Å². The van der Waals surface area contributed by atoms with Crippen LogP contribution in [0, 0.1) is 0 Å². The van der Waals surface area contributed by atoms with Crippen molar-refractivity contribution in [3.8, 4) is 5.75 Å². The van der Waals surface area contributed by atoms with Gasteiger partial charge in [0.15, 0.2) is 0 Å². The van der Waals surface area contributed by atoms with Crippen LogP contribution in [0.3, 0.4) is 0 Å². The molecule has 1 aromatic carbocycles. The van der Waals surface area contributed by atoms with Crippen molar-refractivity contribution in [1.29, 1.82) is 0 Å². The van der Waals surface area contributed by atoms with Crippen molar-refractivity contribution in [2.75, 3.05) is 19.0 Å². The van der Waals surface area contributed by atoms with Gasteiger partial charge in [0.25, 0.3) is 0 Å². The maximum Gasteiger partial charge on any atom is 0.239 e. The molecule has 0 aromatic heterocycles. The third-order valence-electron chi connectivity index (χ3n) is 3.82. The van der Waals surface area contributed by atoms with Gasteiger partial charge in [-0.3, -0.25) is 4.79 Å². The Bertz CT molecular complexity index is 471. The van der Waals surface area contributed by atoms with Crippen LogP contribution in [0.2, 0.25) is 0 Å². The van der Waals surface area contributed by atoms with Crippen LogP contribution in [0.4, 0.5) is 5.69 Å². The maximum atomic E-state index is 12.0. The van der Waals surface area contributed by atoms with Gasteiger partial charge < -0.3 is 15.4 Å². The molecule has 4 nitrogen and oxygen atoms in total. The molecule has 0 saturated heterocycles. The fourth-order valence-electron chi connectivity index (χ4n) is 2.65. The fourth-order valence-corrected chi connectivity index (χ4v) is 3.06. The first kappa shape index (κ1) is 16.1. The van der Waals surface area contributed by atoms with E-state index in [1.165, 1.54) is 25.7 Å². The number of ether oxygens (including phenoxy) is 1. The second-order valence-electron chi connectivity index (χ2n) is 5.46. The summed E-state index contributed by atoms with van der Waals surface area (Å²) in [7, 11) is 1.63. The Balaban J connectivity index is 1.80. The van der Waals surface area contributed by atoms with Gasteiger partial charge in [0, 0.05) is 17.8 Å². The van der Waals surface area contributed by atoms with Crippen LogP contribution in [0.25, 0.3) is 0 Å².